The van der Waals surface area contributed by atoms with Crippen molar-refractivity contribution >= 4 is 6.09 Å². The lowest BCUT2D eigenvalue weighted by Crippen LogP contribution is -2.43. The second-order valence-electron chi connectivity index (χ2n) is 4.31. The molecule has 20 heavy (non-hydrogen) atoms. The van der Waals surface area contributed by atoms with Crippen LogP contribution >= 0.6 is 0 Å². The highest BCUT2D eigenvalue weighted by molar-refractivity contribution is 5.66. The minimum Gasteiger partial charge on any atom is -0.453 e. The molecular formula is C14H22N2O4. The van der Waals surface area contributed by atoms with Gasteiger partial charge in [0.05, 0.1) is 13.2 Å². The molecule has 0 aliphatic carbocycles. The number of alkyl carbamates (subject to hydrolysis) is 1. The molecule has 0 spiro atoms. The monoisotopic (exact) mass is 282 g/mol. The van der Waals surface area contributed by atoms with E-state index < -0.39 is 12.4 Å². The number of rotatable bonds is 8. The standard InChI is InChI=1S/C14H22N2O4/c1-19-13(17)12(8-9-15-14(18)20-2)16-10-11-6-4-3-5-7-11/h3-7,12-13,16-17H,8-10H2,1-2H3,(H,15,18)/t12-,13?/m0/s1. The fourth-order valence-corrected chi connectivity index (χ4v) is 1.76. The molecule has 0 saturated carbocycles. The van der Waals surface area contributed by atoms with Gasteiger partial charge in [0, 0.05) is 20.2 Å². The summed E-state index contributed by atoms with van der Waals surface area (Å²) in [4.78, 5) is 11.0. The number of aliphatic hydroxyl groups is 1. The average molecular weight is 282 g/mol. The molecule has 0 bridgehead atoms. The van der Waals surface area contributed by atoms with Crippen LogP contribution in [0.15, 0.2) is 30.3 Å². The fourth-order valence-electron chi connectivity index (χ4n) is 1.76. The van der Waals surface area contributed by atoms with Crippen LogP contribution in [-0.2, 0) is 16.0 Å². The largest absolute Gasteiger partial charge is 0.453 e. The number of amides is 1. The molecule has 2 atom stereocenters. The molecule has 0 heterocycles. The number of benzene rings is 1. The molecule has 1 amide bonds. The third kappa shape index (κ3) is 6.01. The first-order valence-electron chi connectivity index (χ1n) is 6.47. The molecular weight excluding hydrogens is 260 g/mol. The Morgan fingerprint density at radius 2 is 2.00 bits per heavy atom. The number of carbonyl (C=O) groups excluding carboxylic acids is 1. The van der Waals surface area contributed by atoms with E-state index in [1.54, 1.807) is 0 Å². The smallest absolute Gasteiger partial charge is 0.406 e. The van der Waals surface area contributed by atoms with Crippen molar-refractivity contribution in [1.82, 2.24) is 10.6 Å². The molecule has 1 aromatic carbocycles. The molecule has 1 unspecified atom stereocenters. The Labute approximate surface area is 119 Å². The van der Waals surface area contributed by atoms with Crippen LogP contribution in [0.3, 0.4) is 0 Å². The first-order valence-corrected chi connectivity index (χ1v) is 6.47. The molecule has 6 nitrogen and oxygen atoms in total. The maximum atomic E-state index is 11.0. The lowest BCUT2D eigenvalue weighted by molar-refractivity contribution is -0.0985. The summed E-state index contributed by atoms with van der Waals surface area (Å²) < 4.78 is 9.42. The zero-order valence-electron chi connectivity index (χ0n) is 11.8. The molecule has 3 N–H and O–H groups in total. The molecule has 6 heteroatoms. The Bertz CT molecular complexity index is 386. The van der Waals surface area contributed by atoms with Crippen molar-refractivity contribution in [3.8, 4) is 0 Å². The van der Waals surface area contributed by atoms with Crippen molar-refractivity contribution in [3.05, 3.63) is 35.9 Å². The number of nitrogens with one attached hydrogen (secondary N) is 2. The van der Waals surface area contributed by atoms with E-state index in [2.05, 4.69) is 15.4 Å². The normalized spacial score (nSPS) is 13.6. The minimum absolute atomic E-state index is 0.280. The lowest BCUT2D eigenvalue weighted by atomic mass is 10.1. The van der Waals surface area contributed by atoms with Crippen molar-refractivity contribution in [1.29, 1.82) is 0 Å². The third-order valence-corrected chi connectivity index (χ3v) is 2.91. The van der Waals surface area contributed by atoms with Gasteiger partial charge in [-0.05, 0) is 12.0 Å². The molecule has 0 radical (unpaired) electrons. The Morgan fingerprint density at radius 3 is 2.60 bits per heavy atom. The van der Waals surface area contributed by atoms with E-state index >= 15 is 0 Å². The van der Waals surface area contributed by atoms with Crippen LogP contribution in [0.25, 0.3) is 0 Å². The zero-order chi connectivity index (χ0) is 14.8. The van der Waals surface area contributed by atoms with Crippen LogP contribution in [0.5, 0.6) is 0 Å². The van der Waals surface area contributed by atoms with Crippen molar-refractivity contribution in [2.45, 2.75) is 25.3 Å². The van der Waals surface area contributed by atoms with Crippen LogP contribution in [0, 0.1) is 0 Å². The number of ether oxygens (including phenoxy) is 2. The summed E-state index contributed by atoms with van der Waals surface area (Å²) in [6.07, 6.45) is -0.895. The molecule has 0 saturated heterocycles. The quantitative estimate of drug-likeness (QED) is 0.616. The van der Waals surface area contributed by atoms with E-state index in [-0.39, 0.29) is 6.04 Å². The SMILES string of the molecule is COC(=O)NCC[C@H](NCc1ccccc1)C(O)OC. The highest BCUT2D eigenvalue weighted by Gasteiger charge is 2.18. The molecule has 0 fully saturated rings. The van der Waals surface area contributed by atoms with Gasteiger partial charge in [0.15, 0.2) is 6.29 Å². The Hall–Kier alpha value is -1.63. The highest BCUT2D eigenvalue weighted by Crippen LogP contribution is 2.03. The van der Waals surface area contributed by atoms with Gasteiger partial charge in [-0.1, -0.05) is 30.3 Å². The van der Waals surface area contributed by atoms with Crippen molar-refractivity contribution in [2.75, 3.05) is 20.8 Å². The number of hydrogen-bond acceptors (Lipinski definition) is 5. The second kappa shape index (κ2) is 9.30. The van der Waals surface area contributed by atoms with Crippen molar-refractivity contribution < 1.29 is 19.4 Å². The third-order valence-electron chi connectivity index (χ3n) is 2.91. The molecule has 0 aliphatic heterocycles. The van der Waals surface area contributed by atoms with Gasteiger partial charge in [0.2, 0.25) is 0 Å². The van der Waals surface area contributed by atoms with E-state index in [1.807, 2.05) is 30.3 Å². The van der Waals surface area contributed by atoms with Crippen molar-refractivity contribution in [3.63, 3.8) is 0 Å². The van der Waals surface area contributed by atoms with Gasteiger partial charge < -0.3 is 25.2 Å². The van der Waals surface area contributed by atoms with Gasteiger partial charge in [-0.3, -0.25) is 0 Å². The van der Waals surface area contributed by atoms with Crippen LogP contribution in [0.4, 0.5) is 4.79 Å². The minimum atomic E-state index is -0.932. The predicted molar refractivity (Wildman–Crippen MR) is 75.1 cm³/mol. The summed E-state index contributed by atoms with van der Waals surface area (Å²) in [6.45, 7) is 1.00. The van der Waals surface area contributed by atoms with Crippen LogP contribution in [-0.4, -0.2) is 44.3 Å². The van der Waals surface area contributed by atoms with Crippen LogP contribution in [0.2, 0.25) is 0 Å². The number of hydrogen-bond donors (Lipinski definition) is 3. The van der Waals surface area contributed by atoms with E-state index in [0.29, 0.717) is 19.5 Å². The van der Waals surface area contributed by atoms with Crippen molar-refractivity contribution in [2.24, 2.45) is 0 Å². The summed E-state index contributed by atoms with van der Waals surface area (Å²) in [5.74, 6) is 0. The first-order chi connectivity index (χ1) is 9.67. The number of carbonyl (C=O) groups is 1. The van der Waals surface area contributed by atoms with E-state index in [0.717, 1.165) is 5.56 Å². The summed E-state index contributed by atoms with van der Waals surface area (Å²) >= 11 is 0. The molecule has 0 aliphatic rings. The topological polar surface area (TPSA) is 79.8 Å². The second-order valence-corrected chi connectivity index (χ2v) is 4.31. The van der Waals surface area contributed by atoms with Gasteiger partial charge in [-0.25, -0.2) is 4.79 Å². The van der Waals surface area contributed by atoms with Gasteiger partial charge >= 0.3 is 6.09 Å². The van der Waals surface area contributed by atoms with E-state index in [4.69, 9.17) is 4.74 Å². The fraction of sp³-hybridized carbons (Fsp3) is 0.500. The van der Waals surface area contributed by atoms with E-state index in [1.165, 1.54) is 14.2 Å². The Balaban J connectivity index is 2.41. The van der Waals surface area contributed by atoms with Gasteiger partial charge in [-0.2, -0.15) is 0 Å². The summed E-state index contributed by atoms with van der Waals surface area (Å²) in [5, 5.41) is 15.6. The number of aliphatic hydroxyl groups excluding tert-OH is 1. The van der Waals surface area contributed by atoms with Crippen LogP contribution in [0.1, 0.15) is 12.0 Å². The maximum Gasteiger partial charge on any atom is 0.406 e. The van der Waals surface area contributed by atoms with Gasteiger partial charge in [0.25, 0.3) is 0 Å². The maximum absolute atomic E-state index is 11.0. The number of methoxy groups -OCH3 is 2. The molecule has 1 aromatic rings. The predicted octanol–water partition coefficient (Wildman–Crippen LogP) is 0.856. The lowest BCUT2D eigenvalue weighted by Gasteiger charge is -2.23. The first kappa shape index (κ1) is 16.4. The highest BCUT2D eigenvalue weighted by atomic mass is 16.6. The zero-order valence-corrected chi connectivity index (χ0v) is 11.8. The summed E-state index contributed by atoms with van der Waals surface area (Å²) in [7, 11) is 2.75. The van der Waals surface area contributed by atoms with Crippen LogP contribution < -0.4 is 10.6 Å². The Morgan fingerprint density at radius 1 is 1.30 bits per heavy atom. The molecule has 1 rings (SSSR count). The summed E-state index contributed by atoms with van der Waals surface area (Å²) in [5.41, 5.74) is 1.11. The Kier molecular flexibility index (Phi) is 7.64. The summed E-state index contributed by atoms with van der Waals surface area (Å²) in [6, 6.07) is 9.57. The van der Waals surface area contributed by atoms with Gasteiger partial charge in [0.1, 0.15) is 0 Å². The van der Waals surface area contributed by atoms with Gasteiger partial charge in [-0.15, -0.1) is 0 Å². The van der Waals surface area contributed by atoms with E-state index in [9.17, 15) is 9.90 Å². The molecule has 112 valence electrons. The molecule has 0 aromatic heterocycles. The average Bonchev–Trinajstić information content (AvgIpc) is 2.50.